The van der Waals surface area contributed by atoms with Crippen molar-refractivity contribution in [1.82, 2.24) is 19.9 Å². The van der Waals surface area contributed by atoms with Crippen molar-refractivity contribution in [2.45, 2.75) is 10.9 Å². The largest absolute Gasteiger partial charge is 0.361 e. The lowest BCUT2D eigenvalue weighted by atomic mass is 10.1. The molecule has 0 aliphatic heterocycles. The summed E-state index contributed by atoms with van der Waals surface area (Å²) in [5, 5.41) is 0.481. The second-order valence-electron chi connectivity index (χ2n) is 5.17. The van der Waals surface area contributed by atoms with Gasteiger partial charge in [0.25, 0.3) is 0 Å². The number of rotatable bonds is 4. The number of hydrogen-bond donors (Lipinski definition) is 2. The Hall–Kier alpha value is -2.73. The average Bonchev–Trinajstić information content (AvgIpc) is 3.24. The molecule has 0 radical (unpaired) electrons. The van der Waals surface area contributed by atoms with Crippen molar-refractivity contribution in [1.29, 1.82) is 0 Å². The maximum atomic E-state index is 12.5. The number of aromatic amines is 2. The van der Waals surface area contributed by atoms with E-state index in [9.17, 15) is 4.21 Å². The smallest absolute Gasteiger partial charge is 0.197 e. The highest BCUT2D eigenvalue weighted by atomic mass is 32.2. The van der Waals surface area contributed by atoms with E-state index in [1.165, 1.54) is 0 Å². The van der Waals surface area contributed by atoms with Gasteiger partial charge in [-0.1, -0.05) is 12.1 Å². The molecule has 114 valence electrons. The molecule has 0 fully saturated rings. The van der Waals surface area contributed by atoms with Crippen LogP contribution in [0.25, 0.3) is 22.3 Å². The van der Waals surface area contributed by atoms with E-state index in [1.54, 1.807) is 6.20 Å². The number of benzene rings is 1. The fourth-order valence-corrected chi connectivity index (χ4v) is 3.46. The first-order chi connectivity index (χ1) is 11.3. The first-order valence-electron chi connectivity index (χ1n) is 7.21. The Labute approximate surface area is 135 Å². The van der Waals surface area contributed by atoms with Gasteiger partial charge in [0.1, 0.15) is 0 Å². The van der Waals surface area contributed by atoms with Crippen LogP contribution in [-0.2, 0) is 16.6 Å². The van der Waals surface area contributed by atoms with Gasteiger partial charge in [0.15, 0.2) is 5.16 Å². The molecule has 6 heteroatoms. The van der Waals surface area contributed by atoms with Gasteiger partial charge >= 0.3 is 0 Å². The Morgan fingerprint density at radius 3 is 2.83 bits per heavy atom. The number of H-pyrrole nitrogens is 2. The lowest BCUT2D eigenvalue weighted by Crippen LogP contribution is -2.00. The molecule has 0 aliphatic rings. The minimum Gasteiger partial charge on any atom is -0.361 e. The molecular weight excluding hydrogens is 308 g/mol. The van der Waals surface area contributed by atoms with Crippen molar-refractivity contribution in [3.63, 3.8) is 0 Å². The first kappa shape index (κ1) is 13.9. The van der Waals surface area contributed by atoms with Crippen molar-refractivity contribution in [3.8, 4) is 11.3 Å². The van der Waals surface area contributed by atoms with Crippen molar-refractivity contribution < 1.29 is 4.21 Å². The Bertz CT molecular complexity index is 961. The Morgan fingerprint density at radius 2 is 2.04 bits per heavy atom. The number of aromatic nitrogens is 4. The van der Waals surface area contributed by atoms with E-state index in [-0.39, 0.29) is 0 Å². The Kier molecular flexibility index (Phi) is 3.51. The van der Waals surface area contributed by atoms with E-state index < -0.39 is 10.8 Å². The normalized spacial score (nSPS) is 12.5. The van der Waals surface area contributed by atoms with Gasteiger partial charge in [-0.05, 0) is 36.4 Å². The number of nitrogens with zero attached hydrogens (tertiary/aromatic N) is 2. The first-order valence-corrected chi connectivity index (χ1v) is 8.53. The van der Waals surface area contributed by atoms with Crippen molar-refractivity contribution in [3.05, 3.63) is 66.6 Å². The van der Waals surface area contributed by atoms with Crippen LogP contribution in [-0.4, -0.2) is 24.1 Å². The fraction of sp³-hybridized carbons (Fsp3) is 0.0588. The van der Waals surface area contributed by atoms with Gasteiger partial charge in [-0.3, -0.25) is 9.19 Å². The summed E-state index contributed by atoms with van der Waals surface area (Å²) in [6.07, 6.45) is 3.59. The van der Waals surface area contributed by atoms with Gasteiger partial charge in [0.05, 0.1) is 33.3 Å². The Morgan fingerprint density at radius 1 is 1.09 bits per heavy atom. The van der Waals surface area contributed by atoms with Crippen molar-refractivity contribution in [2.75, 3.05) is 0 Å². The molecule has 0 saturated heterocycles. The van der Waals surface area contributed by atoms with Gasteiger partial charge in [-0.2, -0.15) is 0 Å². The highest BCUT2D eigenvalue weighted by Crippen LogP contribution is 2.23. The zero-order chi connectivity index (χ0) is 15.6. The summed E-state index contributed by atoms with van der Waals surface area (Å²) in [5.74, 6) is 0.351. The van der Waals surface area contributed by atoms with E-state index in [0.717, 1.165) is 28.0 Å². The lowest BCUT2D eigenvalue weighted by Gasteiger charge is -1.98. The fourth-order valence-electron chi connectivity index (χ4n) is 2.46. The van der Waals surface area contributed by atoms with Crippen LogP contribution < -0.4 is 0 Å². The predicted octanol–water partition coefficient (Wildman–Crippen LogP) is 3.26. The van der Waals surface area contributed by atoms with Crippen LogP contribution >= 0.6 is 0 Å². The molecule has 4 aromatic rings. The van der Waals surface area contributed by atoms with Gasteiger partial charge in [0.2, 0.25) is 0 Å². The molecule has 1 aromatic carbocycles. The quantitative estimate of drug-likeness (QED) is 0.605. The predicted molar refractivity (Wildman–Crippen MR) is 90.2 cm³/mol. The van der Waals surface area contributed by atoms with Crippen LogP contribution in [0.3, 0.4) is 0 Å². The monoisotopic (exact) mass is 322 g/mol. The van der Waals surface area contributed by atoms with Crippen molar-refractivity contribution in [2.24, 2.45) is 0 Å². The third-order valence-electron chi connectivity index (χ3n) is 3.59. The number of hydrogen-bond acceptors (Lipinski definition) is 3. The van der Waals surface area contributed by atoms with E-state index in [1.807, 2.05) is 54.7 Å². The zero-order valence-corrected chi connectivity index (χ0v) is 13.0. The summed E-state index contributed by atoms with van der Waals surface area (Å²) in [6.45, 7) is 0. The van der Waals surface area contributed by atoms with Crippen LogP contribution in [0.2, 0.25) is 0 Å². The van der Waals surface area contributed by atoms with Gasteiger partial charge < -0.3 is 9.97 Å². The van der Waals surface area contributed by atoms with E-state index in [0.29, 0.717) is 10.9 Å². The molecule has 0 bridgehead atoms. The second-order valence-corrected chi connectivity index (χ2v) is 6.54. The molecule has 0 amide bonds. The van der Waals surface area contributed by atoms with Crippen LogP contribution in [0.15, 0.2) is 66.1 Å². The molecule has 23 heavy (non-hydrogen) atoms. The molecule has 2 N–H and O–H groups in total. The van der Waals surface area contributed by atoms with E-state index >= 15 is 0 Å². The highest BCUT2D eigenvalue weighted by molar-refractivity contribution is 7.84. The van der Waals surface area contributed by atoms with Gasteiger partial charge in [-0.25, -0.2) is 4.98 Å². The highest BCUT2D eigenvalue weighted by Gasteiger charge is 2.12. The number of nitrogens with one attached hydrogen (secondary N) is 2. The average molecular weight is 322 g/mol. The van der Waals surface area contributed by atoms with Gasteiger partial charge in [0, 0.05) is 23.7 Å². The summed E-state index contributed by atoms with van der Waals surface area (Å²) < 4.78 is 12.5. The topological polar surface area (TPSA) is 74.4 Å². The molecule has 0 spiro atoms. The minimum absolute atomic E-state index is 0.351. The van der Waals surface area contributed by atoms with Crippen LogP contribution in [0, 0.1) is 0 Å². The molecule has 1 atom stereocenters. The summed E-state index contributed by atoms with van der Waals surface area (Å²) >= 11 is 0. The number of fused-ring (bicyclic) bond motifs is 1. The maximum Gasteiger partial charge on any atom is 0.197 e. The van der Waals surface area contributed by atoms with Crippen LogP contribution in [0.4, 0.5) is 0 Å². The minimum atomic E-state index is -1.25. The maximum absolute atomic E-state index is 12.5. The van der Waals surface area contributed by atoms with Crippen molar-refractivity contribution >= 4 is 21.8 Å². The Balaban J connectivity index is 1.65. The molecule has 5 nitrogen and oxygen atoms in total. The SMILES string of the molecule is O=S(Cc1ccccn1)c1nc2ccc(-c3ccc[nH]3)cc2[nH]1. The summed E-state index contributed by atoms with van der Waals surface area (Å²) in [7, 11) is -1.25. The number of imidazole rings is 1. The second kappa shape index (κ2) is 5.81. The summed E-state index contributed by atoms with van der Waals surface area (Å²) in [6, 6.07) is 15.5. The molecule has 1 unspecified atom stereocenters. The number of pyridine rings is 1. The molecule has 0 saturated carbocycles. The molecule has 3 heterocycles. The zero-order valence-electron chi connectivity index (χ0n) is 12.2. The molecule has 3 aromatic heterocycles. The standard InChI is InChI=1S/C17H14N4OS/c22-23(11-13-4-1-2-8-18-13)17-20-15-7-6-12(10-16(15)21-17)14-5-3-9-19-14/h1-10,19H,11H2,(H,20,21). The third kappa shape index (κ3) is 2.80. The van der Waals surface area contributed by atoms with Crippen LogP contribution in [0.1, 0.15) is 5.69 Å². The van der Waals surface area contributed by atoms with E-state index in [2.05, 4.69) is 19.9 Å². The molecular formula is C17H14N4OS. The lowest BCUT2D eigenvalue weighted by molar-refractivity contribution is 0.677. The van der Waals surface area contributed by atoms with E-state index in [4.69, 9.17) is 0 Å². The third-order valence-corrected chi connectivity index (χ3v) is 4.77. The molecule has 4 rings (SSSR count). The summed E-state index contributed by atoms with van der Waals surface area (Å²) in [5.41, 5.74) is 4.58. The summed E-state index contributed by atoms with van der Waals surface area (Å²) in [4.78, 5) is 15.0. The molecule has 0 aliphatic carbocycles. The van der Waals surface area contributed by atoms with Gasteiger partial charge in [-0.15, -0.1) is 0 Å². The van der Waals surface area contributed by atoms with Crippen LogP contribution in [0.5, 0.6) is 0 Å².